The van der Waals surface area contributed by atoms with Crippen LogP contribution in [0.2, 0.25) is 0 Å². The number of hydrogen-bond donors (Lipinski definition) is 0. The average Bonchev–Trinajstić information content (AvgIpc) is 2.78. The van der Waals surface area contributed by atoms with E-state index < -0.39 is 0 Å². The van der Waals surface area contributed by atoms with E-state index >= 15 is 0 Å². The van der Waals surface area contributed by atoms with Gasteiger partial charge in [0.25, 0.3) is 0 Å². The van der Waals surface area contributed by atoms with Crippen molar-refractivity contribution < 1.29 is 14.3 Å². The molecule has 30 heavy (non-hydrogen) atoms. The van der Waals surface area contributed by atoms with Crippen molar-refractivity contribution in [2.75, 3.05) is 45.9 Å². The van der Waals surface area contributed by atoms with Gasteiger partial charge >= 0.3 is 0 Å². The molecule has 0 saturated carbocycles. The van der Waals surface area contributed by atoms with E-state index in [1.54, 1.807) is 0 Å². The number of benzene rings is 1. The maximum atomic E-state index is 12.7. The fraction of sp³-hybridized carbons (Fsp3) is 0.667. The van der Waals surface area contributed by atoms with Crippen molar-refractivity contribution >= 4 is 11.8 Å². The van der Waals surface area contributed by atoms with Crippen LogP contribution in [-0.2, 0) is 9.59 Å². The van der Waals surface area contributed by atoms with Crippen LogP contribution >= 0.6 is 0 Å². The number of nitrogens with zero attached hydrogens (tertiary/aromatic N) is 3. The van der Waals surface area contributed by atoms with Gasteiger partial charge in [0.05, 0.1) is 12.6 Å². The van der Waals surface area contributed by atoms with Crippen LogP contribution in [0, 0.1) is 6.92 Å². The van der Waals surface area contributed by atoms with E-state index in [1.165, 1.54) is 12.0 Å². The topological polar surface area (TPSA) is 53.1 Å². The zero-order valence-electron chi connectivity index (χ0n) is 18.6. The molecule has 6 nitrogen and oxygen atoms in total. The van der Waals surface area contributed by atoms with E-state index in [0.29, 0.717) is 13.0 Å². The number of unbranched alkanes of at least 4 members (excludes halogenated alkanes) is 1. The standard InChI is InChI=1S/C24H37N3O3/c1-20-9-8-10-22(19-20)30-18-7-4-11-23(28)26-16-14-25(15-17-26)21(2)24(29)27-12-5-3-6-13-27/h8-10,19,21H,3-7,11-18H2,1-2H3. The summed E-state index contributed by atoms with van der Waals surface area (Å²) in [5.74, 6) is 1.37. The quantitative estimate of drug-likeness (QED) is 0.613. The molecule has 2 aliphatic heterocycles. The normalized spacial score (nSPS) is 18.9. The molecule has 166 valence electrons. The fourth-order valence-electron chi connectivity index (χ4n) is 4.32. The van der Waals surface area contributed by atoms with Crippen molar-refractivity contribution in [1.29, 1.82) is 0 Å². The molecule has 1 atom stereocenters. The predicted octanol–water partition coefficient (Wildman–Crippen LogP) is 3.09. The number of ether oxygens (including phenoxy) is 1. The molecule has 0 bridgehead atoms. The Morgan fingerprint density at radius 2 is 1.70 bits per heavy atom. The Bertz CT molecular complexity index is 695. The number of aryl methyl sites for hydroxylation is 1. The van der Waals surface area contributed by atoms with Gasteiger partial charge in [0.1, 0.15) is 5.75 Å². The lowest BCUT2D eigenvalue weighted by Crippen LogP contribution is -2.56. The number of amides is 2. The van der Waals surface area contributed by atoms with Crippen LogP contribution in [0.1, 0.15) is 51.0 Å². The maximum absolute atomic E-state index is 12.7. The van der Waals surface area contributed by atoms with Gasteiger partial charge in [0.15, 0.2) is 0 Å². The van der Waals surface area contributed by atoms with Crippen molar-refractivity contribution in [3.8, 4) is 5.75 Å². The first-order valence-corrected chi connectivity index (χ1v) is 11.5. The minimum absolute atomic E-state index is 0.0841. The second kappa shape index (κ2) is 11.3. The first kappa shape index (κ1) is 22.6. The summed E-state index contributed by atoms with van der Waals surface area (Å²) in [7, 11) is 0. The number of carbonyl (C=O) groups is 2. The van der Waals surface area contributed by atoms with E-state index in [9.17, 15) is 9.59 Å². The van der Waals surface area contributed by atoms with Gasteiger partial charge < -0.3 is 14.5 Å². The van der Waals surface area contributed by atoms with E-state index in [1.807, 2.05) is 34.9 Å². The highest BCUT2D eigenvalue weighted by molar-refractivity contribution is 5.81. The maximum Gasteiger partial charge on any atom is 0.239 e. The molecule has 1 unspecified atom stereocenters. The molecule has 2 heterocycles. The van der Waals surface area contributed by atoms with Crippen LogP contribution in [-0.4, -0.2) is 78.4 Å². The molecule has 2 aliphatic rings. The van der Waals surface area contributed by atoms with Crippen molar-refractivity contribution in [2.24, 2.45) is 0 Å². The highest BCUT2D eigenvalue weighted by Crippen LogP contribution is 2.16. The lowest BCUT2D eigenvalue weighted by Gasteiger charge is -2.39. The van der Waals surface area contributed by atoms with Gasteiger partial charge in [0.2, 0.25) is 11.8 Å². The van der Waals surface area contributed by atoms with Crippen LogP contribution < -0.4 is 4.74 Å². The molecule has 6 heteroatoms. The molecular weight excluding hydrogens is 378 g/mol. The SMILES string of the molecule is Cc1cccc(OCCCCC(=O)N2CCN(C(C)C(=O)N3CCCCC3)CC2)c1. The van der Waals surface area contributed by atoms with Crippen molar-refractivity contribution in [3.05, 3.63) is 29.8 Å². The molecule has 1 aromatic carbocycles. The summed E-state index contributed by atoms with van der Waals surface area (Å²) in [4.78, 5) is 31.5. The number of piperidine rings is 1. The third-order valence-corrected chi connectivity index (χ3v) is 6.28. The molecule has 0 aromatic heterocycles. The Balaban J connectivity index is 1.31. The largest absolute Gasteiger partial charge is 0.494 e. The third-order valence-electron chi connectivity index (χ3n) is 6.28. The van der Waals surface area contributed by atoms with Gasteiger partial charge in [-0.05, 0) is 63.6 Å². The summed E-state index contributed by atoms with van der Waals surface area (Å²) in [6, 6.07) is 7.96. The number of likely N-dealkylation sites (tertiary alicyclic amines) is 1. The van der Waals surface area contributed by atoms with Gasteiger partial charge in [0, 0.05) is 45.7 Å². The molecule has 0 aliphatic carbocycles. The molecule has 3 rings (SSSR count). The lowest BCUT2D eigenvalue weighted by atomic mass is 10.1. The molecule has 0 spiro atoms. The fourth-order valence-corrected chi connectivity index (χ4v) is 4.32. The van der Waals surface area contributed by atoms with Crippen LogP contribution in [0.5, 0.6) is 5.75 Å². The number of piperazine rings is 1. The molecular formula is C24H37N3O3. The Labute approximate surface area is 181 Å². The highest BCUT2D eigenvalue weighted by atomic mass is 16.5. The Hall–Kier alpha value is -2.08. The minimum Gasteiger partial charge on any atom is -0.494 e. The van der Waals surface area contributed by atoms with Crippen LogP contribution in [0.15, 0.2) is 24.3 Å². The Morgan fingerprint density at radius 3 is 2.40 bits per heavy atom. The van der Waals surface area contributed by atoms with Gasteiger partial charge in [-0.15, -0.1) is 0 Å². The summed E-state index contributed by atoms with van der Waals surface area (Å²) >= 11 is 0. The molecule has 1 aromatic rings. The summed E-state index contributed by atoms with van der Waals surface area (Å²) in [6.45, 7) is 9.50. The van der Waals surface area contributed by atoms with Gasteiger partial charge in [-0.1, -0.05) is 12.1 Å². The number of carbonyl (C=O) groups excluding carboxylic acids is 2. The summed E-state index contributed by atoms with van der Waals surface area (Å²) < 4.78 is 5.76. The first-order valence-electron chi connectivity index (χ1n) is 11.5. The summed E-state index contributed by atoms with van der Waals surface area (Å²) in [6.07, 6.45) is 5.76. The average molecular weight is 416 g/mol. The van der Waals surface area contributed by atoms with Crippen LogP contribution in [0.4, 0.5) is 0 Å². The van der Waals surface area contributed by atoms with Gasteiger partial charge in [-0.25, -0.2) is 0 Å². The van der Waals surface area contributed by atoms with Crippen LogP contribution in [0.25, 0.3) is 0 Å². The zero-order valence-corrected chi connectivity index (χ0v) is 18.6. The Morgan fingerprint density at radius 1 is 0.967 bits per heavy atom. The van der Waals surface area contributed by atoms with Crippen molar-refractivity contribution in [1.82, 2.24) is 14.7 Å². The molecule has 2 saturated heterocycles. The van der Waals surface area contributed by atoms with E-state index in [-0.39, 0.29) is 17.9 Å². The number of rotatable bonds is 8. The molecule has 0 radical (unpaired) electrons. The van der Waals surface area contributed by atoms with Crippen molar-refractivity contribution in [3.63, 3.8) is 0 Å². The predicted molar refractivity (Wildman–Crippen MR) is 119 cm³/mol. The van der Waals surface area contributed by atoms with Crippen molar-refractivity contribution in [2.45, 2.75) is 58.4 Å². The minimum atomic E-state index is -0.0841. The van der Waals surface area contributed by atoms with Gasteiger partial charge in [-0.2, -0.15) is 0 Å². The van der Waals surface area contributed by atoms with Crippen LogP contribution in [0.3, 0.4) is 0 Å². The molecule has 0 N–H and O–H groups in total. The Kier molecular flexibility index (Phi) is 8.55. The van der Waals surface area contributed by atoms with Gasteiger partial charge in [-0.3, -0.25) is 14.5 Å². The van der Waals surface area contributed by atoms with E-state index in [2.05, 4.69) is 17.9 Å². The number of hydrogen-bond acceptors (Lipinski definition) is 4. The second-order valence-corrected chi connectivity index (χ2v) is 8.60. The van der Waals surface area contributed by atoms with E-state index in [0.717, 1.165) is 70.7 Å². The zero-order chi connectivity index (χ0) is 21.3. The highest BCUT2D eigenvalue weighted by Gasteiger charge is 2.30. The first-order chi connectivity index (χ1) is 14.5. The van der Waals surface area contributed by atoms with E-state index in [4.69, 9.17) is 4.74 Å². The molecule has 2 fully saturated rings. The summed E-state index contributed by atoms with van der Waals surface area (Å²) in [5.41, 5.74) is 1.19. The second-order valence-electron chi connectivity index (χ2n) is 8.60. The monoisotopic (exact) mass is 415 g/mol. The molecule has 2 amide bonds. The third kappa shape index (κ3) is 6.46. The summed E-state index contributed by atoms with van der Waals surface area (Å²) in [5, 5.41) is 0. The lowest BCUT2D eigenvalue weighted by molar-refractivity contribution is -0.139. The smallest absolute Gasteiger partial charge is 0.239 e.